The normalized spacial score (nSPS) is 21.3. The predicted molar refractivity (Wildman–Crippen MR) is 139 cm³/mol. The van der Waals surface area contributed by atoms with Crippen LogP contribution in [0.15, 0.2) is 30.3 Å². The average molecular weight is 530 g/mol. The van der Waals surface area contributed by atoms with Gasteiger partial charge in [-0.3, -0.25) is 9.59 Å². The first kappa shape index (κ1) is 28.9. The third-order valence-electron chi connectivity index (χ3n) is 6.79. The summed E-state index contributed by atoms with van der Waals surface area (Å²) in [4.78, 5) is 39.6. The molecule has 0 radical (unpaired) electrons. The van der Waals surface area contributed by atoms with Crippen LogP contribution in [0.1, 0.15) is 23.1 Å². The lowest BCUT2D eigenvalue weighted by Gasteiger charge is -2.30. The molecule has 2 aromatic rings. The maximum absolute atomic E-state index is 13.4. The van der Waals surface area contributed by atoms with Crippen LogP contribution in [0.3, 0.4) is 0 Å². The van der Waals surface area contributed by atoms with Crippen LogP contribution in [0.25, 0.3) is 11.1 Å². The van der Waals surface area contributed by atoms with E-state index in [4.69, 9.17) is 17.2 Å². The number of carboxylic acid groups (broad SMARTS) is 1. The Kier molecular flexibility index (Phi) is 9.28. The van der Waals surface area contributed by atoms with E-state index in [0.717, 1.165) is 4.90 Å². The Bertz CT molecular complexity index is 1200. The van der Waals surface area contributed by atoms with Crippen LogP contribution in [-0.2, 0) is 33.6 Å². The summed E-state index contributed by atoms with van der Waals surface area (Å²) in [7, 11) is 1.27. The van der Waals surface area contributed by atoms with Gasteiger partial charge in [0.2, 0.25) is 11.8 Å². The summed E-state index contributed by atoms with van der Waals surface area (Å²) in [5, 5.41) is 43.8. The number of carbonyl (C=O) groups excluding carboxylic acids is 2. The maximum Gasteiger partial charge on any atom is 0.326 e. The highest BCUT2D eigenvalue weighted by Crippen LogP contribution is 2.34. The summed E-state index contributed by atoms with van der Waals surface area (Å²) in [6.45, 7) is 0.0943. The molecule has 11 N–H and O–H groups in total. The maximum atomic E-state index is 13.4. The van der Waals surface area contributed by atoms with Crippen LogP contribution in [-0.4, -0.2) is 87.5 Å². The number of fused-ring (bicyclic) bond motifs is 5. The zero-order valence-corrected chi connectivity index (χ0v) is 21.1. The fraction of sp³-hybridized carbons (Fsp3) is 0.423. The zero-order chi connectivity index (χ0) is 28.1. The predicted octanol–water partition coefficient (Wildman–Crippen LogP) is -1.20. The summed E-state index contributed by atoms with van der Waals surface area (Å²) in [6, 6.07) is 4.04. The Morgan fingerprint density at radius 1 is 1.11 bits per heavy atom. The van der Waals surface area contributed by atoms with Crippen molar-refractivity contribution in [1.82, 2.24) is 10.2 Å². The van der Waals surface area contributed by atoms with Gasteiger partial charge < -0.3 is 47.8 Å². The summed E-state index contributed by atoms with van der Waals surface area (Å²) in [6.07, 6.45) is -1.33. The molecule has 2 aromatic carbocycles. The molecule has 4 bridgehead atoms. The molecule has 3 rings (SSSR count). The van der Waals surface area contributed by atoms with Crippen molar-refractivity contribution in [3.05, 3.63) is 47.0 Å². The van der Waals surface area contributed by atoms with Crippen molar-refractivity contribution in [2.24, 2.45) is 17.2 Å². The van der Waals surface area contributed by atoms with E-state index >= 15 is 0 Å². The number of aliphatic carboxylic acids is 1. The summed E-state index contributed by atoms with van der Waals surface area (Å²) in [5.74, 6) is -3.07. The molecule has 0 aliphatic carbocycles. The Morgan fingerprint density at radius 2 is 1.79 bits per heavy atom. The third kappa shape index (κ3) is 6.40. The molecule has 0 unspecified atom stereocenters. The van der Waals surface area contributed by atoms with Crippen molar-refractivity contribution in [1.29, 1.82) is 0 Å². The molecule has 1 aliphatic rings. The Morgan fingerprint density at radius 3 is 2.42 bits per heavy atom. The van der Waals surface area contributed by atoms with Crippen molar-refractivity contribution in [2.75, 3.05) is 20.1 Å². The third-order valence-corrected chi connectivity index (χ3v) is 6.79. The van der Waals surface area contributed by atoms with Gasteiger partial charge in [0, 0.05) is 32.9 Å². The number of aromatic hydroxyl groups is 2. The molecule has 4 atom stereocenters. The van der Waals surface area contributed by atoms with Crippen LogP contribution < -0.4 is 22.5 Å². The smallest absolute Gasteiger partial charge is 0.326 e. The van der Waals surface area contributed by atoms with Crippen LogP contribution in [0, 0.1) is 0 Å². The minimum atomic E-state index is -1.41. The number of hydrogen-bond donors (Lipinski definition) is 8. The number of phenols is 2. The number of aliphatic hydroxyl groups is 1. The van der Waals surface area contributed by atoms with Gasteiger partial charge in [-0.2, -0.15) is 0 Å². The fourth-order valence-electron chi connectivity index (χ4n) is 4.58. The molecule has 0 aromatic heterocycles. The standard InChI is InChI=1S/C26H35N5O7/c1-31-21(26(37)38)9-16-7-18(14(4-5-27)10-23(16)34)13-2-3-22(33)15(6-13)8-19(29)24(35)30-20(25(31)36)11-17(32)12-28/h2-3,6-7,10,17,19-21,32-34H,4-5,8-9,11-12,27-29H2,1H3,(H,30,35)(H,37,38)/t17-,19+,20+,21+/m1/s1. The number of carbonyl (C=O) groups is 3. The molecule has 1 heterocycles. The number of rotatable bonds is 6. The van der Waals surface area contributed by atoms with Gasteiger partial charge in [0.05, 0.1) is 12.1 Å². The SMILES string of the molecule is CN1C(=O)[C@H](C[C@@H](O)CN)NC(=O)[C@@H](N)Cc2cc(ccc2O)-c2cc(c(O)cc2CCN)C[C@H]1C(=O)O. The van der Waals surface area contributed by atoms with Gasteiger partial charge in [0.25, 0.3) is 0 Å². The van der Waals surface area contributed by atoms with Gasteiger partial charge in [-0.15, -0.1) is 0 Å². The molecule has 12 heteroatoms. The van der Waals surface area contributed by atoms with E-state index in [2.05, 4.69) is 5.32 Å². The molecule has 38 heavy (non-hydrogen) atoms. The van der Waals surface area contributed by atoms with E-state index in [1.807, 2.05) is 0 Å². The van der Waals surface area contributed by atoms with E-state index in [9.17, 15) is 34.8 Å². The van der Waals surface area contributed by atoms with E-state index in [1.54, 1.807) is 18.2 Å². The van der Waals surface area contributed by atoms with E-state index < -0.39 is 42.0 Å². The van der Waals surface area contributed by atoms with Gasteiger partial charge in [-0.25, -0.2) is 4.79 Å². The number of nitrogens with one attached hydrogen (secondary N) is 1. The number of hydrogen-bond acceptors (Lipinski definition) is 9. The topological polar surface area (TPSA) is 225 Å². The monoisotopic (exact) mass is 529 g/mol. The second kappa shape index (κ2) is 12.2. The van der Waals surface area contributed by atoms with Gasteiger partial charge >= 0.3 is 5.97 Å². The van der Waals surface area contributed by atoms with Crippen molar-refractivity contribution >= 4 is 17.8 Å². The molecule has 0 spiro atoms. The fourth-order valence-corrected chi connectivity index (χ4v) is 4.58. The molecular weight excluding hydrogens is 494 g/mol. The highest BCUT2D eigenvalue weighted by molar-refractivity contribution is 5.92. The molecule has 2 amide bonds. The van der Waals surface area contributed by atoms with Crippen LogP contribution in [0.4, 0.5) is 0 Å². The van der Waals surface area contributed by atoms with Crippen molar-refractivity contribution in [3.63, 3.8) is 0 Å². The second-order valence-electron chi connectivity index (χ2n) is 9.52. The van der Waals surface area contributed by atoms with Gasteiger partial charge in [-0.05, 0) is 65.0 Å². The molecule has 0 saturated carbocycles. The number of nitrogens with zero attached hydrogens (tertiary/aromatic N) is 1. The lowest BCUT2D eigenvalue weighted by molar-refractivity contribution is -0.150. The first-order valence-corrected chi connectivity index (χ1v) is 12.3. The van der Waals surface area contributed by atoms with E-state index in [-0.39, 0.29) is 49.4 Å². The molecule has 0 fully saturated rings. The number of benzene rings is 2. The molecule has 206 valence electrons. The zero-order valence-electron chi connectivity index (χ0n) is 21.1. The highest BCUT2D eigenvalue weighted by Gasteiger charge is 2.35. The van der Waals surface area contributed by atoms with Gasteiger partial charge in [0.15, 0.2) is 0 Å². The molecule has 1 aliphatic heterocycles. The number of carboxylic acids is 1. The summed E-state index contributed by atoms with van der Waals surface area (Å²) >= 11 is 0. The minimum Gasteiger partial charge on any atom is -0.508 e. The van der Waals surface area contributed by atoms with Crippen molar-refractivity contribution in [2.45, 2.75) is 49.9 Å². The van der Waals surface area contributed by atoms with Gasteiger partial charge in [-0.1, -0.05) is 6.07 Å². The van der Waals surface area contributed by atoms with Crippen LogP contribution >= 0.6 is 0 Å². The number of aliphatic hydroxyl groups excluding tert-OH is 1. The largest absolute Gasteiger partial charge is 0.508 e. The number of nitrogens with two attached hydrogens (primary N) is 3. The van der Waals surface area contributed by atoms with Crippen LogP contribution in [0.5, 0.6) is 11.5 Å². The summed E-state index contributed by atoms with van der Waals surface area (Å²) in [5.41, 5.74) is 20.1. The Balaban J connectivity index is 2.21. The van der Waals surface area contributed by atoms with E-state index in [0.29, 0.717) is 28.7 Å². The van der Waals surface area contributed by atoms with Crippen molar-refractivity contribution < 1.29 is 34.8 Å². The quantitative estimate of drug-likeness (QED) is 0.223. The Hall–Kier alpha value is -3.71. The lowest BCUT2D eigenvalue weighted by Crippen LogP contribution is -2.56. The lowest BCUT2D eigenvalue weighted by atomic mass is 9.90. The van der Waals surface area contributed by atoms with Crippen molar-refractivity contribution in [3.8, 4) is 22.6 Å². The minimum absolute atomic E-state index is 0.0728. The Labute approximate surface area is 220 Å². The first-order valence-electron chi connectivity index (χ1n) is 12.3. The number of likely N-dealkylation sites (N-methyl/N-ethyl adjacent to an activating group) is 1. The molecule has 0 saturated heterocycles. The number of phenolic OH excluding ortho intramolecular Hbond substituents is 2. The first-order chi connectivity index (χ1) is 18.0. The summed E-state index contributed by atoms with van der Waals surface area (Å²) < 4.78 is 0. The molecular formula is C26H35N5O7. The molecule has 12 nitrogen and oxygen atoms in total. The average Bonchev–Trinajstić information content (AvgIpc) is 2.87. The van der Waals surface area contributed by atoms with Gasteiger partial charge in [0.1, 0.15) is 23.6 Å². The van der Waals surface area contributed by atoms with Crippen LogP contribution in [0.2, 0.25) is 0 Å². The second-order valence-corrected chi connectivity index (χ2v) is 9.52. The highest BCUT2D eigenvalue weighted by atomic mass is 16.4. The van der Waals surface area contributed by atoms with E-state index in [1.165, 1.54) is 19.2 Å². The number of amides is 2.